The number of nitrogens with zero attached hydrogens (tertiary/aromatic N) is 2. The number of piperidine rings is 1. The maximum Gasteiger partial charge on any atom is 0.318 e. The number of aliphatic carboxylic acids is 1. The molecule has 1 saturated carbocycles. The molecule has 0 aromatic heterocycles. The molecule has 0 bridgehead atoms. The number of hydrogen-bond acceptors (Lipinski definition) is 3. The zero-order chi connectivity index (χ0) is 13.3. The SMILES string of the molecule is CC1CCCCN1S(=O)(=O)N(CC(=O)O)C1CC1. The molecule has 1 unspecified atom stereocenters. The van der Waals surface area contributed by atoms with Crippen LogP contribution < -0.4 is 0 Å². The summed E-state index contributed by atoms with van der Waals surface area (Å²) < 4.78 is 27.6. The molecule has 0 aromatic rings. The molecule has 2 fully saturated rings. The Morgan fingerprint density at radius 3 is 2.50 bits per heavy atom. The minimum Gasteiger partial charge on any atom is -0.480 e. The standard InChI is InChI=1S/C11H20N2O4S/c1-9-4-2-3-7-12(9)18(16,17)13(8-11(14)15)10-5-6-10/h9-10H,2-8H2,1H3,(H,14,15). The largest absolute Gasteiger partial charge is 0.480 e. The van der Waals surface area contributed by atoms with Gasteiger partial charge in [-0.05, 0) is 32.6 Å². The van der Waals surface area contributed by atoms with Crippen LogP contribution in [0.2, 0.25) is 0 Å². The zero-order valence-corrected chi connectivity index (χ0v) is 11.4. The Labute approximate surface area is 108 Å². The van der Waals surface area contributed by atoms with Gasteiger partial charge >= 0.3 is 5.97 Å². The predicted octanol–water partition coefficient (Wildman–Crippen LogP) is 0.655. The van der Waals surface area contributed by atoms with E-state index in [9.17, 15) is 13.2 Å². The Bertz CT molecular complexity index is 419. The van der Waals surface area contributed by atoms with Crippen molar-refractivity contribution >= 4 is 16.2 Å². The first-order valence-corrected chi connectivity index (χ1v) is 7.83. The summed E-state index contributed by atoms with van der Waals surface area (Å²) in [5.74, 6) is -1.09. The average molecular weight is 276 g/mol. The number of carbonyl (C=O) groups is 1. The molecule has 1 atom stereocenters. The second-order valence-corrected chi connectivity index (χ2v) is 6.97. The van der Waals surface area contributed by atoms with Crippen molar-refractivity contribution in [2.24, 2.45) is 0 Å². The molecule has 0 aromatic carbocycles. The Hall–Kier alpha value is -0.660. The van der Waals surface area contributed by atoms with E-state index in [4.69, 9.17) is 5.11 Å². The number of rotatable bonds is 5. The molecule has 104 valence electrons. The summed E-state index contributed by atoms with van der Waals surface area (Å²) in [6.45, 7) is 1.98. The molecule has 2 aliphatic rings. The Kier molecular flexibility index (Phi) is 3.93. The molecule has 6 nitrogen and oxygen atoms in total. The minimum absolute atomic E-state index is 0.0289. The smallest absolute Gasteiger partial charge is 0.318 e. The van der Waals surface area contributed by atoms with E-state index in [1.807, 2.05) is 6.92 Å². The van der Waals surface area contributed by atoms with Crippen molar-refractivity contribution in [2.75, 3.05) is 13.1 Å². The highest BCUT2D eigenvalue weighted by molar-refractivity contribution is 7.86. The van der Waals surface area contributed by atoms with Gasteiger partial charge in [-0.3, -0.25) is 4.79 Å². The molecule has 1 heterocycles. The van der Waals surface area contributed by atoms with Crippen LogP contribution in [0.3, 0.4) is 0 Å². The van der Waals surface area contributed by atoms with E-state index >= 15 is 0 Å². The molecular formula is C11H20N2O4S. The van der Waals surface area contributed by atoms with Gasteiger partial charge in [0, 0.05) is 18.6 Å². The summed E-state index contributed by atoms with van der Waals surface area (Å²) in [6, 6.07) is -0.140. The fourth-order valence-corrected chi connectivity index (χ4v) is 4.49. The van der Waals surface area contributed by atoms with E-state index in [1.165, 1.54) is 4.31 Å². The second kappa shape index (κ2) is 5.14. The highest BCUT2D eigenvalue weighted by atomic mass is 32.2. The lowest BCUT2D eigenvalue weighted by Gasteiger charge is -2.36. The van der Waals surface area contributed by atoms with E-state index in [0.29, 0.717) is 6.54 Å². The first-order chi connectivity index (χ1) is 8.43. The van der Waals surface area contributed by atoms with Crippen LogP contribution in [0.4, 0.5) is 0 Å². The predicted molar refractivity (Wildman–Crippen MR) is 66.3 cm³/mol. The van der Waals surface area contributed by atoms with Crippen molar-refractivity contribution in [3.8, 4) is 0 Å². The van der Waals surface area contributed by atoms with Crippen LogP contribution in [0.1, 0.15) is 39.0 Å². The third kappa shape index (κ3) is 2.84. The maximum atomic E-state index is 12.5. The van der Waals surface area contributed by atoms with Gasteiger partial charge < -0.3 is 5.11 Å². The normalized spacial score (nSPS) is 26.4. The highest BCUT2D eigenvalue weighted by Crippen LogP contribution is 2.32. The van der Waals surface area contributed by atoms with E-state index in [1.54, 1.807) is 0 Å². The quantitative estimate of drug-likeness (QED) is 0.800. The van der Waals surface area contributed by atoms with E-state index in [-0.39, 0.29) is 12.1 Å². The Morgan fingerprint density at radius 1 is 1.33 bits per heavy atom. The molecule has 1 aliphatic carbocycles. The summed E-state index contributed by atoms with van der Waals surface area (Å²) >= 11 is 0. The van der Waals surface area contributed by atoms with Gasteiger partial charge in [0.15, 0.2) is 0 Å². The monoisotopic (exact) mass is 276 g/mol. The molecule has 2 rings (SSSR count). The van der Waals surface area contributed by atoms with Gasteiger partial charge in [0.25, 0.3) is 10.2 Å². The fraction of sp³-hybridized carbons (Fsp3) is 0.909. The van der Waals surface area contributed by atoms with Crippen LogP contribution in [-0.2, 0) is 15.0 Å². The average Bonchev–Trinajstić information content (AvgIpc) is 3.09. The van der Waals surface area contributed by atoms with Gasteiger partial charge in [-0.2, -0.15) is 17.0 Å². The summed E-state index contributed by atoms with van der Waals surface area (Å²) in [6.07, 6.45) is 4.29. The summed E-state index contributed by atoms with van der Waals surface area (Å²) in [4.78, 5) is 10.8. The van der Waals surface area contributed by atoms with Crippen LogP contribution in [0.5, 0.6) is 0 Å². The summed E-state index contributed by atoms with van der Waals surface area (Å²) in [7, 11) is -3.62. The Balaban J connectivity index is 2.18. The highest BCUT2D eigenvalue weighted by Gasteiger charge is 2.43. The van der Waals surface area contributed by atoms with Gasteiger partial charge in [0.05, 0.1) is 0 Å². The van der Waals surface area contributed by atoms with Crippen molar-refractivity contribution in [1.29, 1.82) is 0 Å². The zero-order valence-electron chi connectivity index (χ0n) is 10.6. The van der Waals surface area contributed by atoms with Crippen molar-refractivity contribution in [2.45, 2.75) is 51.1 Å². The van der Waals surface area contributed by atoms with E-state index in [2.05, 4.69) is 0 Å². The van der Waals surface area contributed by atoms with Crippen molar-refractivity contribution in [3.63, 3.8) is 0 Å². The van der Waals surface area contributed by atoms with Gasteiger partial charge in [0.1, 0.15) is 6.54 Å². The molecule has 1 aliphatic heterocycles. The molecule has 0 spiro atoms. The van der Waals surface area contributed by atoms with Crippen molar-refractivity contribution in [1.82, 2.24) is 8.61 Å². The van der Waals surface area contributed by atoms with Gasteiger partial charge in [-0.25, -0.2) is 0 Å². The van der Waals surface area contributed by atoms with Crippen LogP contribution in [0, 0.1) is 0 Å². The fourth-order valence-electron chi connectivity index (χ4n) is 2.44. The summed E-state index contributed by atoms with van der Waals surface area (Å²) in [5.41, 5.74) is 0. The van der Waals surface area contributed by atoms with Crippen molar-refractivity contribution in [3.05, 3.63) is 0 Å². The number of carboxylic acids is 1. The van der Waals surface area contributed by atoms with Crippen LogP contribution in [0.25, 0.3) is 0 Å². The maximum absolute atomic E-state index is 12.5. The molecule has 1 saturated heterocycles. The van der Waals surface area contributed by atoms with Crippen molar-refractivity contribution < 1.29 is 18.3 Å². The van der Waals surface area contributed by atoms with E-state index < -0.39 is 22.7 Å². The summed E-state index contributed by atoms with van der Waals surface area (Å²) in [5, 5.41) is 8.86. The van der Waals surface area contributed by atoms with Crippen LogP contribution >= 0.6 is 0 Å². The lowest BCUT2D eigenvalue weighted by atomic mass is 10.1. The Morgan fingerprint density at radius 2 is 2.00 bits per heavy atom. The molecular weight excluding hydrogens is 256 g/mol. The molecule has 0 radical (unpaired) electrons. The molecule has 1 N–H and O–H groups in total. The molecule has 7 heteroatoms. The van der Waals surface area contributed by atoms with Crippen LogP contribution in [-0.4, -0.2) is 53.3 Å². The molecule has 0 amide bonds. The lowest BCUT2D eigenvalue weighted by molar-refractivity contribution is -0.137. The van der Waals surface area contributed by atoms with Gasteiger partial charge in [-0.15, -0.1) is 0 Å². The van der Waals surface area contributed by atoms with Gasteiger partial charge in [-0.1, -0.05) is 6.42 Å². The molecule has 18 heavy (non-hydrogen) atoms. The second-order valence-electron chi connectivity index (χ2n) is 5.13. The number of carboxylic acid groups (broad SMARTS) is 1. The topological polar surface area (TPSA) is 77.9 Å². The third-order valence-corrected chi connectivity index (χ3v) is 5.74. The number of hydrogen-bond donors (Lipinski definition) is 1. The third-order valence-electron chi connectivity index (χ3n) is 3.58. The van der Waals surface area contributed by atoms with E-state index in [0.717, 1.165) is 36.4 Å². The minimum atomic E-state index is -3.62. The first kappa shape index (κ1) is 13.8. The van der Waals surface area contributed by atoms with Crippen LogP contribution in [0.15, 0.2) is 0 Å². The lowest BCUT2D eigenvalue weighted by Crippen LogP contribution is -2.51. The first-order valence-electron chi connectivity index (χ1n) is 6.43. The van der Waals surface area contributed by atoms with Gasteiger partial charge in [0.2, 0.25) is 0 Å².